The Morgan fingerprint density at radius 1 is 1.07 bits per heavy atom. The summed E-state index contributed by atoms with van der Waals surface area (Å²) in [4.78, 5) is 3.26. The minimum atomic E-state index is 0.0249. The van der Waals surface area contributed by atoms with Crippen molar-refractivity contribution < 1.29 is 4.74 Å². The molecule has 0 aliphatic rings. The average molecular weight is 366 g/mol. The third-order valence-corrected chi connectivity index (χ3v) is 4.85. The van der Waals surface area contributed by atoms with Gasteiger partial charge in [0.15, 0.2) is 0 Å². The van der Waals surface area contributed by atoms with Crippen LogP contribution in [-0.2, 0) is 17.3 Å². The van der Waals surface area contributed by atoms with E-state index in [2.05, 4.69) is 84.0 Å². The number of H-pyrrole nitrogens is 1. The summed E-state index contributed by atoms with van der Waals surface area (Å²) in [5.41, 5.74) is 9.30. The van der Waals surface area contributed by atoms with Crippen LogP contribution in [0.4, 0.5) is 0 Å². The summed E-state index contributed by atoms with van der Waals surface area (Å²) in [6.45, 7) is 20.2. The number of aromatic amines is 1. The van der Waals surface area contributed by atoms with Crippen LogP contribution in [-0.4, -0.2) is 11.6 Å². The molecule has 0 unspecified atom stereocenters. The molecule has 1 aromatic heterocycles. The molecule has 0 aliphatic carbocycles. The summed E-state index contributed by atoms with van der Waals surface area (Å²) in [6.07, 6.45) is 3.81. The minimum absolute atomic E-state index is 0.0249. The first-order chi connectivity index (χ1) is 12.6. The van der Waals surface area contributed by atoms with Gasteiger partial charge in [-0.1, -0.05) is 60.3 Å². The Hall–Kier alpha value is -2.18. The van der Waals surface area contributed by atoms with Gasteiger partial charge in [0.2, 0.25) is 0 Å². The first-order valence-corrected chi connectivity index (χ1v) is 9.91. The maximum Gasteiger partial charge on any atom is 0.126 e. The van der Waals surface area contributed by atoms with Gasteiger partial charge in [-0.15, -0.1) is 5.73 Å². The lowest BCUT2D eigenvalue weighted by Gasteiger charge is -2.30. The molecule has 0 spiro atoms. The molecule has 0 bridgehead atoms. The Morgan fingerprint density at radius 2 is 1.67 bits per heavy atom. The smallest absolute Gasteiger partial charge is 0.126 e. The van der Waals surface area contributed by atoms with E-state index in [1.54, 1.807) is 0 Å². The summed E-state index contributed by atoms with van der Waals surface area (Å²) < 4.78 is 6.15. The van der Waals surface area contributed by atoms with E-state index in [-0.39, 0.29) is 10.8 Å². The Bertz CT molecular complexity index is 772. The highest BCUT2D eigenvalue weighted by molar-refractivity contribution is 5.62. The van der Waals surface area contributed by atoms with Crippen molar-refractivity contribution >= 4 is 5.57 Å². The monoisotopic (exact) mass is 365 g/mol. The number of aryl methyl sites for hydroxylation is 1. The largest absolute Gasteiger partial charge is 0.493 e. The van der Waals surface area contributed by atoms with Crippen molar-refractivity contribution in [2.24, 2.45) is 0 Å². The first-order valence-electron chi connectivity index (χ1n) is 9.91. The SMILES string of the molecule is C=C=C(CCc1cc(C(C)(C)C)c(OCC)c(C(C)(C)C)c1)c1ccc[nH]1. The van der Waals surface area contributed by atoms with Crippen LogP contribution in [0.2, 0.25) is 0 Å². The summed E-state index contributed by atoms with van der Waals surface area (Å²) in [7, 11) is 0. The van der Waals surface area contributed by atoms with Crippen molar-refractivity contribution in [1.82, 2.24) is 4.98 Å². The van der Waals surface area contributed by atoms with E-state index in [0.29, 0.717) is 6.61 Å². The van der Waals surface area contributed by atoms with Gasteiger partial charge in [0.05, 0.1) is 6.61 Å². The fourth-order valence-corrected chi connectivity index (χ4v) is 3.35. The standard InChI is InChI=1S/C25H35NO/c1-9-19(22-12-11-15-26-22)14-13-18-16-20(24(3,4)5)23(27-10-2)21(17-18)25(6,7)8/h11-12,15-17,26H,1,10,13-14H2,2-8H3. The third kappa shape index (κ3) is 5.17. The van der Waals surface area contributed by atoms with Crippen LogP contribution >= 0.6 is 0 Å². The van der Waals surface area contributed by atoms with Crippen molar-refractivity contribution in [2.75, 3.05) is 6.61 Å². The quantitative estimate of drug-likeness (QED) is 0.559. The lowest BCUT2D eigenvalue weighted by Crippen LogP contribution is -2.20. The van der Waals surface area contributed by atoms with E-state index in [4.69, 9.17) is 4.74 Å². The molecule has 0 amide bonds. The van der Waals surface area contributed by atoms with Crippen molar-refractivity contribution in [3.05, 3.63) is 65.2 Å². The number of benzene rings is 1. The van der Waals surface area contributed by atoms with Crippen LogP contribution < -0.4 is 4.74 Å². The highest BCUT2D eigenvalue weighted by Crippen LogP contribution is 2.41. The molecule has 2 rings (SSSR count). The Balaban J connectivity index is 2.46. The predicted octanol–water partition coefficient (Wildman–Crippen LogP) is 6.81. The average Bonchev–Trinajstić information content (AvgIpc) is 3.09. The van der Waals surface area contributed by atoms with E-state index in [0.717, 1.165) is 29.9 Å². The van der Waals surface area contributed by atoms with Crippen molar-refractivity contribution in [1.29, 1.82) is 0 Å². The normalized spacial score (nSPS) is 12.0. The number of nitrogens with one attached hydrogen (secondary N) is 1. The molecule has 2 heteroatoms. The Labute approximate surface area is 165 Å². The fourth-order valence-electron chi connectivity index (χ4n) is 3.35. The molecule has 0 fully saturated rings. The summed E-state index contributed by atoms with van der Waals surface area (Å²) in [6, 6.07) is 8.75. The molecular weight excluding hydrogens is 330 g/mol. The molecule has 2 nitrogen and oxygen atoms in total. The van der Waals surface area contributed by atoms with Crippen LogP contribution in [0.25, 0.3) is 5.57 Å². The number of aromatic nitrogens is 1. The molecule has 2 aromatic rings. The first kappa shape index (κ1) is 21.1. The molecule has 27 heavy (non-hydrogen) atoms. The highest BCUT2D eigenvalue weighted by Gasteiger charge is 2.27. The second kappa shape index (κ2) is 8.23. The Morgan fingerprint density at radius 3 is 2.07 bits per heavy atom. The van der Waals surface area contributed by atoms with Crippen LogP contribution in [0.1, 0.15) is 77.3 Å². The number of ether oxygens (including phenoxy) is 1. The highest BCUT2D eigenvalue weighted by atomic mass is 16.5. The van der Waals surface area contributed by atoms with Gasteiger partial charge in [0, 0.05) is 28.6 Å². The zero-order chi connectivity index (χ0) is 20.2. The molecule has 1 heterocycles. The second-order valence-electron chi connectivity index (χ2n) is 9.19. The topological polar surface area (TPSA) is 25.0 Å². The minimum Gasteiger partial charge on any atom is -0.493 e. The number of rotatable bonds is 6. The van der Waals surface area contributed by atoms with E-state index < -0.39 is 0 Å². The fraction of sp³-hybridized carbons (Fsp3) is 0.480. The lowest BCUT2D eigenvalue weighted by molar-refractivity contribution is 0.319. The van der Waals surface area contributed by atoms with Crippen LogP contribution in [0.5, 0.6) is 5.75 Å². The molecule has 146 valence electrons. The van der Waals surface area contributed by atoms with Crippen molar-refractivity contribution in [3.8, 4) is 5.75 Å². The summed E-state index contributed by atoms with van der Waals surface area (Å²) in [5, 5.41) is 0. The summed E-state index contributed by atoms with van der Waals surface area (Å²) >= 11 is 0. The zero-order valence-electron chi connectivity index (χ0n) is 18.1. The van der Waals surface area contributed by atoms with Crippen molar-refractivity contribution in [2.45, 2.75) is 72.1 Å². The molecular formula is C25H35NO. The van der Waals surface area contributed by atoms with Gasteiger partial charge in [0.1, 0.15) is 5.75 Å². The summed E-state index contributed by atoms with van der Waals surface area (Å²) in [5.74, 6) is 1.06. The van der Waals surface area contributed by atoms with Crippen LogP contribution in [0, 0.1) is 0 Å². The Kier molecular flexibility index (Phi) is 6.44. The third-order valence-electron chi connectivity index (χ3n) is 4.85. The van der Waals surface area contributed by atoms with E-state index in [1.807, 2.05) is 12.3 Å². The molecule has 0 atom stereocenters. The maximum absolute atomic E-state index is 6.15. The van der Waals surface area contributed by atoms with Crippen LogP contribution in [0.3, 0.4) is 0 Å². The van der Waals surface area contributed by atoms with E-state index >= 15 is 0 Å². The second-order valence-corrected chi connectivity index (χ2v) is 9.19. The number of hydrogen-bond acceptors (Lipinski definition) is 1. The van der Waals surface area contributed by atoms with Gasteiger partial charge in [0.25, 0.3) is 0 Å². The number of hydrogen-bond donors (Lipinski definition) is 1. The maximum atomic E-state index is 6.15. The molecule has 0 saturated heterocycles. The van der Waals surface area contributed by atoms with Gasteiger partial charge in [-0.05, 0) is 48.3 Å². The van der Waals surface area contributed by atoms with Gasteiger partial charge >= 0.3 is 0 Å². The van der Waals surface area contributed by atoms with E-state index in [9.17, 15) is 0 Å². The van der Waals surface area contributed by atoms with Gasteiger partial charge in [-0.3, -0.25) is 0 Å². The van der Waals surface area contributed by atoms with Crippen molar-refractivity contribution in [3.63, 3.8) is 0 Å². The van der Waals surface area contributed by atoms with E-state index in [1.165, 1.54) is 16.7 Å². The van der Waals surface area contributed by atoms with Gasteiger partial charge < -0.3 is 9.72 Å². The molecule has 1 N–H and O–H groups in total. The van der Waals surface area contributed by atoms with Gasteiger partial charge in [-0.2, -0.15) is 0 Å². The number of allylic oxidation sites excluding steroid dienone is 1. The van der Waals surface area contributed by atoms with Crippen LogP contribution in [0.15, 0.2) is 42.8 Å². The van der Waals surface area contributed by atoms with Gasteiger partial charge in [-0.25, -0.2) is 0 Å². The lowest BCUT2D eigenvalue weighted by atomic mass is 9.78. The molecule has 0 saturated carbocycles. The molecule has 0 aliphatic heterocycles. The predicted molar refractivity (Wildman–Crippen MR) is 117 cm³/mol. The zero-order valence-corrected chi connectivity index (χ0v) is 18.1. The molecule has 0 radical (unpaired) electrons. The molecule has 1 aromatic carbocycles.